The van der Waals surface area contributed by atoms with Crippen molar-refractivity contribution >= 4 is 22.9 Å². The molecule has 2 aromatic heterocycles. The maximum Gasteiger partial charge on any atom is 0.207 e. The van der Waals surface area contributed by atoms with Crippen LogP contribution in [0, 0.1) is 0 Å². The Hall–Kier alpha value is -1.97. The average Bonchev–Trinajstić information content (AvgIpc) is 3.00. The van der Waals surface area contributed by atoms with Crippen LogP contribution in [-0.2, 0) is 4.74 Å². The van der Waals surface area contributed by atoms with Crippen LogP contribution in [0.2, 0.25) is 0 Å². The number of imidazole rings is 1. The summed E-state index contributed by atoms with van der Waals surface area (Å²) in [5.74, 6) is 0.829. The molecule has 0 bridgehead atoms. The second-order valence-electron chi connectivity index (χ2n) is 4.64. The zero-order chi connectivity index (χ0) is 13.1. The number of aliphatic hydroxyl groups excluding tert-OH is 2. The number of nitrogens with one attached hydrogen (secondary N) is 1. The highest BCUT2D eigenvalue weighted by Crippen LogP contribution is 2.41. The Morgan fingerprint density at radius 2 is 2.32 bits per heavy atom. The molecule has 9 nitrogen and oxygen atoms in total. The number of hydrogen-bond donors (Lipinski definition) is 4. The van der Waals surface area contributed by atoms with Gasteiger partial charge in [-0.1, -0.05) is 0 Å². The molecule has 2 aliphatic rings. The molecule has 100 valence electrons. The molecule has 0 aliphatic carbocycles. The van der Waals surface area contributed by atoms with E-state index in [1.165, 1.54) is 6.33 Å². The smallest absolute Gasteiger partial charge is 0.207 e. The molecular formula is C10H12N6O3. The van der Waals surface area contributed by atoms with E-state index in [2.05, 4.69) is 20.3 Å². The summed E-state index contributed by atoms with van der Waals surface area (Å²) in [4.78, 5) is 12.3. The van der Waals surface area contributed by atoms with Crippen LogP contribution in [0.4, 0.5) is 11.8 Å². The molecule has 2 aromatic rings. The van der Waals surface area contributed by atoms with Crippen LogP contribution in [0.3, 0.4) is 0 Å². The summed E-state index contributed by atoms with van der Waals surface area (Å²) in [5.41, 5.74) is 6.79. The van der Waals surface area contributed by atoms with Gasteiger partial charge >= 0.3 is 0 Å². The first kappa shape index (κ1) is 10.9. The molecule has 1 saturated heterocycles. The number of aliphatic hydroxyl groups is 2. The Balaban J connectivity index is 1.86. The average molecular weight is 264 g/mol. The van der Waals surface area contributed by atoms with Crippen molar-refractivity contribution in [2.75, 3.05) is 17.7 Å². The van der Waals surface area contributed by atoms with Crippen LogP contribution in [0.1, 0.15) is 6.23 Å². The lowest BCUT2D eigenvalue weighted by Crippen LogP contribution is -2.36. The number of nitrogens with two attached hydrogens (primary N) is 1. The zero-order valence-corrected chi connectivity index (χ0v) is 9.76. The molecule has 0 amide bonds. The summed E-state index contributed by atoms with van der Waals surface area (Å²) in [7, 11) is 0. The van der Waals surface area contributed by atoms with Gasteiger partial charge in [0.15, 0.2) is 23.2 Å². The Bertz CT molecular complexity index is 658. The topological polar surface area (TPSA) is 131 Å². The van der Waals surface area contributed by atoms with E-state index in [1.54, 1.807) is 4.57 Å². The van der Waals surface area contributed by atoms with Crippen molar-refractivity contribution in [3.05, 3.63) is 6.33 Å². The van der Waals surface area contributed by atoms with E-state index in [-0.39, 0.29) is 12.6 Å². The largest absolute Gasteiger partial charge is 0.394 e. The Kier molecular flexibility index (Phi) is 2.03. The van der Waals surface area contributed by atoms with E-state index in [4.69, 9.17) is 15.6 Å². The minimum Gasteiger partial charge on any atom is -0.394 e. The first-order valence-corrected chi connectivity index (χ1v) is 5.90. The summed E-state index contributed by atoms with van der Waals surface area (Å²) in [6.45, 7) is -0.241. The maximum atomic E-state index is 10.0. The first-order chi connectivity index (χ1) is 9.20. The molecule has 4 atom stereocenters. The second-order valence-corrected chi connectivity index (χ2v) is 4.64. The number of rotatable bonds is 1. The van der Waals surface area contributed by atoms with Gasteiger partial charge in [-0.25, -0.2) is 15.0 Å². The molecule has 0 unspecified atom stereocenters. The summed E-state index contributed by atoms with van der Waals surface area (Å²) in [6, 6.07) is -0.347. The van der Waals surface area contributed by atoms with Crippen LogP contribution >= 0.6 is 0 Å². The van der Waals surface area contributed by atoms with Crippen molar-refractivity contribution < 1.29 is 14.9 Å². The summed E-state index contributed by atoms with van der Waals surface area (Å²) in [6.07, 6.45) is -0.519. The van der Waals surface area contributed by atoms with Gasteiger partial charge in [-0.2, -0.15) is 0 Å². The number of nitrogens with zero attached hydrogens (tertiary/aromatic N) is 4. The van der Waals surface area contributed by atoms with Gasteiger partial charge in [0.1, 0.15) is 24.6 Å². The van der Waals surface area contributed by atoms with Gasteiger partial charge in [0.05, 0.1) is 6.61 Å². The van der Waals surface area contributed by atoms with Gasteiger partial charge in [0.2, 0.25) is 5.95 Å². The third kappa shape index (κ3) is 1.26. The molecule has 5 N–H and O–H groups in total. The second kappa shape index (κ2) is 3.53. The highest BCUT2D eigenvalue weighted by Gasteiger charge is 2.50. The fourth-order valence-electron chi connectivity index (χ4n) is 2.69. The van der Waals surface area contributed by atoms with E-state index in [9.17, 15) is 5.11 Å². The molecule has 9 heteroatoms. The minimum atomic E-state index is -0.800. The number of ether oxygens (including phenoxy) is 1. The minimum absolute atomic E-state index is 0.241. The van der Waals surface area contributed by atoms with Crippen LogP contribution < -0.4 is 11.1 Å². The number of hydrogen-bond acceptors (Lipinski definition) is 8. The number of fused-ring (bicyclic) bond motifs is 5. The van der Waals surface area contributed by atoms with E-state index in [1.807, 2.05) is 0 Å². The van der Waals surface area contributed by atoms with E-state index < -0.39 is 18.4 Å². The zero-order valence-electron chi connectivity index (χ0n) is 9.76. The van der Waals surface area contributed by atoms with Gasteiger partial charge in [0.25, 0.3) is 0 Å². The Morgan fingerprint density at radius 1 is 1.47 bits per heavy atom. The standard InChI is InChI=1S/C10H12N6O3/c11-7-5-8(13-2-12-7)16-9-4(14-10(16)15-5)6(18)3(1-17)19-9/h2-4,6,9,17-18H,1H2,(H,14,15)(H2,11,12,13)/t3-,4+,6-,9-/m1/s1. The third-order valence-electron chi connectivity index (χ3n) is 3.61. The fraction of sp³-hybridized carbons (Fsp3) is 0.500. The number of nitrogen functional groups attached to an aromatic ring is 1. The first-order valence-electron chi connectivity index (χ1n) is 5.90. The van der Waals surface area contributed by atoms with Crippen LogP contribution in [0.15, 0.2) is 6.33 Å². The van der Waals surface area contributed by atoms with Gasteiger partial charge in [-0.15, -0.1) is 0 Å². The molecule has 0 aromatic carbocycles. The third-order valence-corrected chi connectivity index (χ3v) is 3.61. The summed E-state index contributed by atoms with van der Waals surface area (Å²) >= 11 is 0. The summed E-state index contributed by atoms with van der Waals surface area (Å²) < 4.78 is 7.37. The molecule has 19 heavy (non-hydrogen) atoms. The lowest BCUT2D eigenvalue weighted by molar-refractivity contribution is -0.0416. The monoisotopic (exact) mass is 264 g/mol. The molecular weight excluding hydrogens is 252 g/mol. The van der Waals surface area contributed by atoms with Crippen molar-refractivity contribution in [2.24, 2.45) is 0 Å². The lowest BCUT2D eigenvalue weighted by atomic mass is 10.1. The van der Waals surface area contributed by atoms with Crippen LogP contribution in [0.5, 0.6) is 0 Å². The van der Waals surface area contributed by atoms with Gasteiger partial charge < -0.3 is 26.0 Å². The van der Waals surface area contributed by atoms with E-state index >= 15 is 0 Å². The summed E-state index contributed by atoms with van der Waals surface area (Å²) in [5, 5.41) is 22.3. The Morgan fingerprint density at radius 3 is 3.11 bits per heavy atom. The highest BCUT2D eigenvalue weighted by molar-refractivity contribution is 5.84. The van der Waals surface area contributed by atoms with Gasteiger partial charge in [0, 0.05) is 0 Å². The molecule has 0 saturated carbocycles. The predicted octanol–water partition coefficient (Wildman–Crippen LogP) is -1.55. The normalized spacial score (nSPS) is 32.3. The predicted molar refractivity (Wildman–Crippen MR) is 64.1 cm³/mol. The molecule has 2 aliphatic heterocycles. The quantitative estimate of drug-likeness (QED) is 0.487. The molecule has 0 spiro atoms. The van der Waals surface area contributed by atoms with Crippen LogP contribution in [0.25, 0.3) is 11.2 Å². The molecule has 1 fully saturated rings. The van der Waals surface area contributed by atoms with Gasteiger partial charge in [-0.05, 0) is 0 Å². The van der Waals surface area contributed by atoms with Crippen molar-refractivity contribution in [3.8, 4) is 0 Å². The van der Waals surface area contributed by atoms with Crippen molar-refractivity contribution in [3.63, 3.8) is 0 Å². The molecule has 0 radical (unpaired) electrons. The number of anilines is 2. The van der Waals surface area contributed by atoms with E-state index in [0.717, 1.165) is 0 Å². The van der Waals surface area contributed by atoms with Crippen LogP contribution in [-0.4, -0.2) is 54.6 Å². The van der Waals surface area contributed by atoms with Crippen molar-refractivity contribution in [2.45, 2.75) is 24.5 Å². The van der Waals surface area contributed by atoms with Crippen molar-refractivity contribution in [1.29, 1.82) is 0 Å². The SMILES string of the molecule is Nc1ncnc2c1nc1n2[C@@H]2O[C@H](CO)[C@@H](O)[C@@H]2N1. The van der Waals surface area contributed by atoms with E-state index in [0.29, 0.717) is 22.9 Å². The highest BCUT2D eigenvalue weighted by atomic mass is 16.5. The molecule has 4 rings (SSSR count). The van der Waals surface area contributed by atoms with Crippen molar-refractivity contribution in [1.82, 2.24) is 19.5 Å². The molecule has 4 heterocycles. The maximum absolute atomic E-state index is 10.0. The Labute approximate surface area is 107 Å². The number of aromatic nitrogens is 4. The fourth-order valence-corrected chi connectivity index (χ4v) is 2.69. The van der Waals surface area contributed by atoms with Gasteiger partial charge in [-0.3, -0.25) is 4.57 Å². The lowest BCUT2D eigenvalue weighted by Gasteiger charge is -2.13.